The minimum Gasteiger partial charge on any atom is -0.546 e. The van der Waals surface area contributed by atoms with Gasteiger partial charge in [-0.1, -0.05) is 56.3 Å². The predicted octanol–water partition coefficient (Wildman–Crippen LogP) is 4.29. The summed E-state index contributed by atoms with van der Waals surface area (Å²) in [6.07, 6.45) is 1.19. The van der Waals surface area contributed by atoms with E-state index >= 15 is 0 Å². The third-order valence-corrected chi connectivity index (χ3v) is 6.61. The van der Waals surface area contributed by atoms with Crippen molar-refractivity contribution in [1.29, 1.82) is 0 Å². The molecule has 174 valence electrons. The molecule has 0 aromatic heterocycles. The van der Waals surface area contributed by atoms with E-state index < -0.39 is 18.6 Å². The first-order chi connectivity index (χ1) is 16.3. The highest BCUT2D eigenvalue weighted by Crippen LogP contribution is 2.53. The first-order valence-corrected chi connectivity index (χ1v) is 11.3. The topological polar surface area (TPSA) is 87.7 Å². The number of rotatable bonds is 5. The summed E-state index contributed by atoms with van der Waals surface area (Å²) < 4.78 is 11.1. The molecule has 0 saturated carbocycles. The maximum absolute atomic E-state index is 13.6. The second kappa shape index (κ2) is 8.20. The fourth-order valence-electron chi connectivity index (χ4n) is 5.28. The van der Waals surface area contributed by atoms with Crippen LogP contribution in [-0.4, -0.2) is 25.5 Å². The molecule has 3 aromatic rings. The minimum atomic E-state index is -1.33. The number of Topliss-reactive ketones (excluding diaryl/α,β-unsaturated/α-hetero) is 1. The second-order valence-electron chi connectivity index (χ2n) is 9.66. The van der Waals surface area contributed by atoms with Crippen LogP contribution in [0.4, 0.5) is 5.69 Å². The summed E-state index contributed by atoms with van der Waals surface area (Å²) in [6, 6.07) is 17.2. The summed E-state index contributed by atoms with van der Waals surface area (Å²) in [5.41, 5.74) is 4.21. The molecule has 1 atom stereocenters. The number of fused-ring (bicyclic) bond motifs is 4. The molecule has 0 saturated heterocycles. The van der Waals surface area contributed by atoms with Crippen molar-refractivity contribution in [3.8, 4) is 11.5 Å². The van der Waals surface area contributed by atoms with E-state index in [1.165, 1.54) is 7.11 Å². The Balaban J connectivity index is 1.76. The number of carboxylic acid groups (broad SMARTS) is 1. The first-order valence-electron chi connectivity index (χ1n) is 11.3. The van der Waals surface area contributed by atoms with Gasteiger partial charge >= 0.3 is 0 Å². The Kier molecular flexibility index (Phi) is 5.31. The van der Waals surface area contributed by atoms with Crippen molar-refractivity contribution in [2.45, 2.75) is 32.7 Å². The molecule has 6 heteroatoms. The third-order valence-electron chi connectivity index (χ3n) is 6.61. The number of carbonyl (C=O) groups excluding carboxylic acids is 2. The molecule has 1 aliphatic heterocycles. The number of aliphatic carboxylic acids is 1. The number of hydrogen-bond acceptors (Lipinski definition) is 6. The molecule has 6 nitrogen and oxygen atoms in total. The van der Waals surface area contributed by atoms with Gasteiger partial charge in [0.1, 0.15) is 6.61 Å². The standard InChI is InChI=1S/C28H27NO5/c1-28(2)13-19-24-17-8-5-4-7-16(17)11-12-20(24)29-26(25(19)21(30)14-28)18-9-6-10-22(33-3)27(18)34-15-23(31)32/h4-12,26,29H,13-15H2,1-3H3,(H,31,32)/p-1. The molecule has 1 aliphatic carbocycles. The molecule has 0 radical (unpaired) electrons. The molecular weight excluding hydrogens is 430 g/mol. The Morgan fingerprint density at radius 1 is 1.09 bits per heavy atom. The van der Waals surface area contributed by atoms with E-state index in [9.17, 15) is 14.7 Å². The summed E-state index contributed by atoms with van der Waals surface area (Å²) in [5.74, 6) is -0.562. The maximum atomic E-state index is 13.6. The van der Waals surface area contributed by atoms with Crippen LogP contribution in [0.1, 0.15) is 43.9 Å². The Bertz CT molecular complexity index is 1350. The van der Waals surface area contributed by atoms with E-state index in [1.54, 1.807) is 6.07 Å². The van der Waals surface area contributed by atoms with Crippen molar-refractivity contribution in [2.75, 3.05) is 19.0 Å². The molecule has 1 N–H and O–H groups in total. The van der Waals surface area contributed by atoms with Gasteiger partial charge in [-0.15, -0.1) is 0 Å². The van der Waals surface area contributed by atoms with Crippen molar-refractivity contribution in [2.24, 2.45) is 5.41 Å². The van der Waals surface area contributed by atoms with E-state index in [-0.39, 0.29) is 11.2 Å². The Labute approximate surface area is 198 Å². The molecule has 0 spiro atoms. The van der Waals surface area contributed by atoms with Crippen LogP contribution in [0.3, 0.4) is 0 Å². The zero-order chi connectivity index (χ0) is 24.0. The molecule has 34 heavy (non-hydrogen) atoms. The Hall–Kier alpha value is -3.80. The van der Waals surface area contributed by atoms with Crippen molar-refractivity contribution in [3.05, 3.63) is 71.3 Å². The van der Waals surface area contributed by atoms with Crippen molar-refractivity contribution < 1.29 is 24.2 Å². The zero-order valence-corrected chi connectivity index (χ0v) is 19.4. The van der Waals surface area contributed by atoms with Gasteiger partial charge in [0.25, 0.3) is 0 Å². The van der Waals surface area contributed by atoms with Gasteiger partial charge in [-0.25, -0.2) is 0 Å². The molecule has 1 unspecified atom stereocenters. The lowest BCUT2D eigenvalue weighted by Gasteiger charge is -2.40. The number of carbonyl (C=O) groups is 2. The van der Waals surface area contributed by atoms with Gasteiger partial charge in [0.15, 0.2) is 17.3 Å². The fraction of sp³-hybridized carbons (Fsp3) is 0.286. The maximum Gasteiger partial charge on any atom is 0.167 e. The van der Waals surface area contributed by atoms with Crippen LogP contribution < -0.4 is 19.9 Å². The normalized spacial score (nSPS) is 18.7. The summed E-state index contributed by atoms with van der Waals surface area (Å²) in [5, 5.41) is 16.9. The molecule has 2 aliphatic rings. The van der Waals surface area contributed by atoms with Gasteiger partial charge in [-0.2, -0.15) is 0 Å². The zero-order valence-electron chi connectivity index (χ0n) is 19.4. The highest BCUT2D eigenvalue weighted by molar-refractivity contribution is 6.13. The fourth-order valence-corrected chi connectivity index (χ4v) is 5.28. The Morgan fingerprint density at radius 2 is 1.88 bits per heavy atom. The number of allylic oxidation sites excluding steroid dienone is 1. The number of hydrogen-bond donors (Lipinski definition) is 1. The largest absolute Gasteiger partial charge is 0.546 e. The van der Waals surface area contributed by atoms with Crippen molar-refractivity contribution >= 4 is 33.8 Å². The SMILES string of the molecule is COc1cccc(C2Nc3ccc4ccccc4c3C3=C2C(=O)CC(C)(C)C3)c1OCC(=O)[O-]. The number of anilines is 1. The lowest BCUT2D eigenvalue weighted by molar-refractivity contribution is -0.307. The summed E-state index contributed by atoms with van der Waals surface area (Å²) >= 11 is 0. The van der Waals surface area contributed by atoms with Gasteiger partial charge in [0.05, 0.1) is 19.1 Å². The van der Waals surface area contributed by atoms with Crippen LogP contribution in [0.5, 0.6) is 11.5 Å². The van der Waals surface area contributed by atoms with E-state index in [4.69, 9.17) is 9.47 Å². The number of ketones is 1. The molecule has 5 rings (SSSR count). The quantitative estimate of drug-likeness (QED) is 0.616. The minimum absolute atomic E-state index is 0.0796. The predicted molar refractivity (Wildman–Crippen MR) is 129 cm³/mol. The van der Waals surface area contributed by atoms with E-state index in [2.05, 4.69) is 37.4 Å². The van der Waals surface area contributed by atoms with Gasteiger partial charge < -0.3 is 24.7 Å². The monoisotopic (exact) mass is 456 g/mol. The summed E-state index contributed by atoms with van der Waals surface area (Å²) in [7, 11) is 1.50. The smallest absolute Gasteiger partial charge is 0.167 e. The van der Waals surface area contributed by atoms with Crippen LogP contribution >= 0.6 is 0 Å². The first kappa shape index (κ1) is 22.0. The molecule has 3 aromatic carbocycles. The summed E-state index contributed by atoms with van der Waals surface area (Å²) in [4.78, 5) is 24.8. The van der Waals surface area contributed by atoms with E-state index in [0.29, 0.717) is 29.1 Å². The molecular formula is C28H26NO5-. The van der Waals surface area contributed by atoms with Gasteiger partial charge in [-0.05, 0) is 40.3 Å². The average Bonchev–Trinajstić information content (AvgIpc) is 2.80. The van der Waals surface area contributed by atoms with Gasteiger partial charge in [0, 0.05) is 28.8 Å². The molecule has 1 heterocycles. The van der Waals surface area contributed by atoms with Gasteiger partial charge in [0.2, 0.25) is 0 Å². The van der Waals surface area contributed by atoms with Gasteiger partial charge in [-0.3, -0.25) is 4.79 Å². The second-order valence-corrected chi connectivity index (χ2v) is 9.66. The van der Waals surface area contributed by atoms with E-state index in [0.717, 1.165) is 34.0 Å². The molecule has 0 fully saturated rings. The lowest BCUT2D eigenvalue weighted by Crippen LogP contribution is -2.33. The van der Waals surface area contributed by atoms with Crippen LogP contribution in [0, 0.1) is 5.41 Å². The molecule has 0 amide bonds. The number of methoxy groups -OCH3 is 1. The molecule has 0 bridgehead atoms. The van der Waals surface area contributed by atoms with Crippen LogP contribution in [0.2, 0.25) is 0 Å². The van der Waals surface area contributed by atoms with Crippen molar-refractivity contribution in [1.82, 2.24) is 0 Å². The number of ether oxygens (including phenoxy) is 2. The van der Waals surface area contributed by atoms with Crippen LogP contribution in [-0.2, 0) is 9.59 Å². The average molecular weight is 457 g/mol. The Morgan fingerprint density at radius 3 is 2.65 bits per heavy atom. The number of nitrogens with one attached hydrogen (secondary N) is 1. The third kappa shape index (κ3) is 3.69. The van der Waals surface area contributed by atoms with Crippen molar-refractivity contribution in [3.63, 3.8) is 0 Å². The number of para-hydroxylation sites is 1. The van der Waals surface area contributed by atoms with E-state index in [1.807, 2.05) is 30.3 Å². The van der Waals surface area contributed by atoms with Crippen LogP contribution in [0.25, 0.3) is 16.3 Å². The lowest BCUT2D eigenvalue weighted by atomic mass is 9.67. The number of carboxylic acids is 1. The highest BCUT2D eigenvalue weighted by Gasteiger charge is 2.41. The van der Waals surface area contributed by atoms with Crippen LogP contribution in [0.15, 0.2) is 60.2 Å². The highest BCUT2D eigenvalue weighted by atomic mass is 16.5. The number of benzene rings is 3. The summed E-state index contributed by atoms with van der Waals surface area (Å²) in [6.45, 7) is 3.63.